The zero-order chi connectivity index (χ0) is 13.3. The predicted octanol–water partition coefficient (Wildman–Crippen LogP) is 5.33. The molecule has 1 aliphatic carbocycles. The fourth-order valence-electron chi connectivity index (χ4n) is 1.78. The van der Waals surface area contributed by atoms with E-state index in [4.69, 9.17) is 0 Å². The minimum Gasteiger partial charge on any atom is -0.295 e. The fourth-order valence-corrected chi connectivity index (χ4v) is 1.78. The Labute approximate surface area is 156 Å². The number of hydrogen-bond acceptors (Lipinski definition) is 1. The first-order chi connectivity index (χ1) is 9.40. The third-order valence-corrected chi connectivity index (χ3v) is 2.79. The zero-order valence-corrected chi connectivity index (χ0v) is 15.2. The van der Waals surface area contributed by atoms with Crippen molar-refractivity contribution in [3.8, 4) is 0 Å². The molecule has 0 bridgehead atoms. The Morgan fingerprint density at radius 2 is 1.68 bits per heavy atom. The SMILES string of the molecule is C[CH-]c1ccccn1.Cl.Cl.[C-]1=CC(c2ccccc2)=CC1.[Cr+2]. The van der Waals surface area contributed by atoms with E-state index in [1.54, 1.807) is 6.20 Å². The quantitative estimate of drug-likeness (QED) is 0.650. The van der Waals surface area contributed by atoms with E-state index in [0.717, 1.165) is 12.1 Å². The molecule has 2 aromatic rings. The van der Waals surface area contributed by atoms with Crippen molar-refractivity contribution >= 4 is 30.4 Å². The number of nitrogens with zero attached hydrogens (tertiary/aromatic N) is 1. The molecule has 3 rings (SSSR count). The van der Waals surface area contributed by atoms with Gasteiger partial charge in [0.05, 0.1) is 0 Å². The fraction of sp³-hybridized carbons (Fsp3) is 0.111. The predicted molar refractivity (Wildman–Crippen MR) is 94.7 cm³/mol. The Morgan fingerprint density at radius 1 is 1.00 bits per heavy atom. The molecule has 1 aromatic carbocycles. The topological polar surface area (TPSA) is 12.9 Å². The molecule has 1 aliphatic rings. The normalized spacial score (nSPS) is 10.7. The van der Waals surface area contributed by atoms with E-state index in [0.29, 0.717) is 0 Å². The summed E-state index contributed by atoms with van der Waals surface area (Å²) < 4.78 is 0. The summed E-state index contributed by atoms with van der Waals surface area (Å²) in [6.07, 6.45) is 12.1. The van der Waals surface area contributed by atoms with Crippen molar-refractivity contribution in [2.75, 3.05) is 0 Å². The molecule has 1 aromatic heterocycles. The maximum absolute atomic E-state index is 4.04. The molecule has 0 atom stereocenters. The van der Waals surface area contributed by atoms with Crippen LogP contribution >= 0.6 is 24.8 Å². The Morgan fingerprint density at radius 3 is 2.14 bits per heavy atom. The van der Waals surface area contributed by atoms with Gasteiger partial charge in [0.2, 0.25) is 0 Å². The van der Waals surface area contributed by atoms with Crippen LogP contribution in [0.25, 0.3) is 5.57 Å². The maximum atomic E-state index is 4.04. The molecule has 0 saturated heterocycles. The summed E-state index contributed by atoms with van der Waals surface area (Å²) in [4.78, 5) is 4.04. The Hall–Kier alpha value is -1.17. The second kappa shape index (κ2) is 13.5. The van der Waals surface area contributed by atoms with Gasteiger partial charge in [0.25, 0.3) is 0 Å². The van der Waals surface area contributed by atoms with E-state index in [9.17, 15) is 0 Å². The van der Waals surface area contributed by atoms with Gasteiger partial charge in [-0.3, -0.25) is 11.1 Å². The number of rotatable bonds is 2. The van der Waals surface area contributed by atoms with Crippen LogP contribution in [0.5, 0.6) is 0 Å². The number of benzene rings is 1. The molecule has 0 amide bonds. The van der Waals surface area contributed by atoms with E-state index >= 15 is 0 Å². The minimum absolute atomic E-state index is 0. The van der Waals surface area contributed by atoms with Crippen LogP contribution in [0.15, 0.2) is 66.9 Å². The van der Waals surface area contributed by atoms with E-state index in [-0.39, 0.29) is 42.2 Å². The first kappa shape index (κ1) is 23.1. The molecule has 0 spiro atoms. The van der Waals surface area contributed by atoms with Gasteiger partial charge in [0.1, 0.15) is 0 Å². The van der Waals surface area contributed by atoms with Gasteiger partial charge in [-0.2, -0.15) is 17.7 Å². The van der Waals surface area contributed by atoms with Crippen LogP contribution in [-0.2, 0) is 17.4 Å². The van der Waals surface area contributed by atoms with E-state index < -0.39 is 0 Å². The summed E-state index contributed by atoms with van der Waals surface area (Å²) >= 11 is 0. The number of halogens is 2. The van der Waals surface area contributed by atoms with Crippen molar-refractivity contribution in [3.63, 3.8) is 0 Å². The summed E-state index contributed by atoms with van der Waals surface area (Å²) in [5.41, 5.74) is 3.62. The van der Waals surface area contributed by atoms with Crippen molar-refractivity contribution in [2.45, 2.75) is 13.3 Å². The maximum Gasteiger partial charge on any atom is 2.00 e. The van der Waals surface area contributed by atoms with E-state index in [1.165, 1.54) is 11.1 Å². The molecule has 0 fully saturated rings. The molecule has 0 unspecified atom stereocenters. The van der Waals surface area contributed by atoms with Crippen LogP contribution in [-0.4, -0.2) is 4.98 Å². The van der Waals surface area contributed by atoms with Crippen molar-refractivity contribution in [1.82, 2.24) is 4.98 Å². The molecule has 0 radical (unpaired) electrons. The van der Waals surface area contributed by atoms with Crippen molar-refractivity contribution in [3.05, 3.63) is 90.6 Å². The second-order valence-electron chi connectivity index (χ2n) is 4.12. The number of allylic oxidation sites excluding steroid dienone is 4. The van der Waals surface area contributed by atoms with Crippen LogP contribution < -0.4 is 0 Å². The van der Waals surface area contributed by atoms with Gasteiger partial charge >= 0.3 is 17.4 Å². The average molecular weight is 372 g/mol. The summed E-state index contributed by atoms with van der Waals surface area (Å²) in [7, 11) is 0. The smallest absolute Gasteiger partial charge is 0.295 e. The third kappa shape index (κ3) is 7.73. The Kier molecular flexibility index (Phi) is 14.2. The van der Waals surface area contributed by atoms with Gasteiger partial charge in [0.15, 0.2) is 0 Å². The van der Waals surface area contributed by atoms with Crippen LogP contribution in [0.2, 0.25) is 0 Å². The van der Waals surface area contributed by atoms with E-state index in [1.807, 2.05) is 37.6 Å². The first-order valence-corrected chi connectivity index (χ1v) is 6.43. The second-order valence-corrected chi connectivity index (χ2v) is 4.12. The van der Waals surface area contributed by atoms with Crippen LogP contribution in [0.4, 0.5) is 0 Å². The third-order valence-electron chi connectivity index (χ3n) is 2.79. The minimum atomic E-state index is 0. The van der Waals surface area contributed by atoms with E-state index in [2.05, 4.69) is 47.5 Å². The molecule has 22 heavy (non-hydrogen) atoms. The average Bonchev–Trinajstić information content (AvgIpc) is 3.04. The number of hydrogen-bond donors (Lipinski definition) is 0. The molecule has 1 nitrogen and oxygen atoms in total. The van der Waals surface area contributed by atoms with Gasteiger partial charge in [-0.15, -0.1) is 49.8 Å². The standard InChI is InChI=1S/C11H9.C7H8N.2ClH.Cr/c1-2-6-10(7-3-1)11-8-4-5-9-11;1-2-7-5-3-4-6-8-7;;;/h1-3,6-9H,4H2;2-6H,1H3;2*1H;/q2*-1;;;+2. The molecule has 0 N–H and O–H groups in total. The summed E-state index contributed by atoms with van der Waals surface area (Å²) in [5, 5.41) is 0. The van der Waals surface area contributed by atoms with Gasteiger partial charge in [0, 0.05) is 6.20 Å². The summed E-state index contributed by atoms with van der Waals surface area (Å²) in [5.74, 6) is 0. The largest absolute Gasteiger partial charge is 2.00 e. The van der Waals surface area contributed by atoms with Crippen LogP contribution in [0.3, 0.4) is 0 Å². The van der Waals surface area contributed by atoms with Gasteiger partial charge in [-0.1, -0.05) is 42.1 Å². The molecule has 116 valence electrons. The summed E-state index contributed by atoms with van der Waals surface area (Å²) in [6.45, 7) is 1.97. The van der Waals surface area contributed by atoms with Gasteiger partial charge < -0.3 is 0 Å². The van der Waals surface area contributed by atoms with Crippen molar-refractivity contribution in [1.29, 1.82) is 0 Å². The van der Waals surface area contributed by atoms with Crippen LogP contribution in [0.1, 0.15) is 24.6 Å². The van der Waals surface area contributed by atoms with Crippen molar-refractivity contribution in [2.24, 2.45) is 0 Å². The monoisotopic (exact) mass is 371 g/mol. The number of pyridine rings is 1. The van der Waals surface area contributed by atoms with Crippen molar-refractivity contribution < 1.29 is 17.4 Å². The molecule has 0 saturated carbocycles. The van der Waals surface area contributed by atoms with Crippen LogP contribution in [0, 0.1) is 12.5 Å². The zero-order valence-electron chi connectivity index (χ0n) is 12.3. The Bertz CT molecular complexity index is 554. The molecule has 0 aliphatic heterocycles. The molecule has 4 heteroatoms. The molecular formula is C18H19Cl2CrN. The van der Waals surface area contributed by atoms with Gasteiger partial charge in [-0.05, 0) is 0 Å². The molecule has 1 heterocycles. The Balaban J connectivity index is 0. The first-order valence-electron chi connectivity index (χ1n) is 6.43. The molecular weight excluding hydrogens is 353 g/mol. The van der Waals surface area contributed by atoms with Gasteiger partial charge in [-0.25, -0.2) is 12.5 Å². The summed E-state index contributed by atoms with van der Waals surface area (Å²) in [6, 6.07) is 16.2. The number of aromatic nitrogens is 1.